The molecule has 0 spiro atoms. The van der Waals surface area contributed by atoms with Crippen LogP contribution in [0.4, 0.5) is 0 Å². The standard InChI is InChI=1S/C14H19ClN2O/c1-10(8-11-4-2-5-12(15)9-11)17-14(18)13-6-3-7-16-13/h2,4-5,9-10,13,16H,3,6-8H2,1H3,(H,17,18)/t10?,13-/m1/s1. The summed E-state index contributed by atoms with van der Waals surface area (Å²) in [5, 5.41) is 6.99. The maximum Gasteiger partial charge on any atom is 0.237 e. The van der Waals surface area contributed by atoms with Gasteiger partial charge in [-0.1, -0.05) is 23.7 Å². The second kappa shape index (κ2) is 6.21. The first kappa shape index (κ1) is 13.4. The Morgan fingerprint density at radius 2 is 2.44 bits per heavy atom. The fourth-order valence-corrected chi connectivity index (χ4v) is 2.53. The van der Waals surface area contributed by atoms with E-state index in [1.165, 1.54) is 0 Å². The summed E-state index contributed by atoms with van der Waals surface area (Å²) in [6.45, 7) is 2.97. The predicted molar refractivity (Wildman–Crippen MR) is 73.8 cm³/mol. The van der Waals surface area contributed by atoms with E-state index in [9.17, 15) is 4.79 Å². The number of benzene rings is 1. The fraction of sp³-hybridized carbons (Fsp3) is 0.500. The highest BCUT2D eigenvalue weighted by atomic mass is 35.5. The molecule has 1 heterocycles. The molecule has 0 bridgehead atoms. The molecule has 0 aromatic heterocycles. The third-order valence-electron chi connectivity index (χ3n) is 3.20. The Morgan fingerprint density at radius 1 is 1.61 bits per heavy atom. The van der Waals surface area contributed by atoms with Gasteiger partial charge in [0, 0.05) is 11.1 Å². The number of halogens is 1. The van der Waals surface area contributed by atoms with E-state index in [1.807, 2.05) is 31.2 Å². The monoisotopic (exact) mass is 266 g/mol. The van der Waals surface area contributed by atoms with Gasteiger partial charge in [-0.25, -0.2) is 0 Å². The number of hydrogen-bond acceptors (Lipinski definition) is 2. The molecule has 98 valence electrons. The van der Waals surface area contributed by atoms with Gasteiger partial charge in [0.15, 0.2) is 0 Å². The lowest BCUT2D eigenvalue weighted by Crippen LogP contribution is -2.44. The van der Waals surface area contributed by atoms with E-state index in [1.54, 1.807) is 0 Å². The highest BCUT2D eigenvalue weighted by molar-refractivity contribution is 6.30. The summed E-state index contributed by atoms with van der Waals surface area (Å²) in [6.07, 6.45) is 2.83. The Morgan fingerprint density at radius 3 is 3.11 bits per heavy atom. The van der Waals surface area contributed by atoms with Crippen LogP contribution in [0.1, 0.15) is 25.3 Å². The first-order chi connectivity index (χ1) is 8.65. The molecule has 1 aliphatic heterocycles. The van der Waals surface area contributed by atoms with Crippen LogP contribution in [0.3, 0.4) is 0 Å². The molecule has 1 aromatic carbocycles. The summed E-state index contributed by atoms with van der Waals surface area (Å²) in [7, 11) is 0. The van der Waals surface area contributed by atoms with Crippen LogP contribution < -0.4 is 10.6 Å². The molecule has 0 aliphatic carbocycles. The topological polar surface area (TPSA) is 41.1 Å². The average Bonchev–Trinajstić information content (AvgIpc) is 2.81. The van der Waals surface area contributed by atoms with E-state index in [-0.39, 0.29) is 18.0 Å². The van der Waals surface area contributed by atoms with Crippen molar-refractivity contribution in [2.75, 3.05) is 6.54 Å². The van der Waals surface area contributed by atoms with E-state index < -0.39 is 0 Å². The lowest BCUT2D eigenvalue weighted by Gasteiger charge is -2.17. The summed E-state index contributed by atoms with van der Waals surface area (Å²) in [6, 6.07) is 7.88. The molecule has 4 heteroatoms. The van der Waals surface area contributed by atoms with Gasteiger partial charge in [-0.2, -0.15) is 0 Å². The molecule has 1 amide bonds. The van der Waals surface area contributed by atoms with Gasteiger partial charge in [0.1, 0.15) is 0 Å². The SMILES string of the molecule is CC(Cc1cccc(Cl)c1)NC(=O)[C@H]1CCCN1. The Bertz CT molecular complexity index is 416. The van der Waals surface area contributed by atoms with Gasteiger partial charge in [0.05, 0.1) is 6.04 Å². The summed E-state index contributed by atoms with van der Waals surface area (Å²) >= 11 is 5.94. The number of rotatable bonds is 4. The molecule has 0 radical (unpaired) electrons. The quantitative estimate of drug-likeness (QED) is 0.877. The van der Waals surface area contributed by atoms with Crippen molar-refractivity contribution >= 4 is 17.5 Å². The Labute approximate surface area is 113 Å². The molecule has 0 saturated carbocycles. The zero-order valence-electron chi connectivity index (χ0n) is 10.6. The van der Waals surface area contributed by atoms with E-state index in [2.05, 4.69) is 10.6 Å². The number of amides is 1. The summed E-state index contributed by atoms with van der Waals surface area (Å²) in [5.41, 5.74) is 1.15. The molecular formula is C14H19ClN2O. The maximum absolute atomic E-state index is 11.9. The first-order valence-corrected chi connectivity index (χ1v) is 6.81. The molecule has 2 N–H and O–H groups in total. The van der Waals surface area contributed by atoms with Crippen LogP contribution in [0.5, 0.6) is 0 Å². The van der Waals surface area contributed by atoms with Crippen molar-refractivity contribution in [2.45, 2.75) is 38.3 Å². The molecule has 1 saturated heterocycles. The average molecular weight is 267 g/mol. The third-order valence-corrected chi connectivity index (χ3v) is 3.43. The van der Waals surface area contributed by atoms with E-state index >= 15 is 0 Å². The molecule has 1 aromatic rings. The fourth-order valence-electron chi connectivity index (χ4n) is 2.32. The smallest absolute Gasteiger partial charge is 0.237 e. The van der Waals surface area contributed by atoms with Crippen LogP contribution in [-0.2, 0) is 11.2 Å². The minimum absolute atomic E-state index is 0.00758. The van der Waals surface area contributed by atoms with Gasteiger partial charge in [0.25, 0.3) is 0 Å². The van der Waals surface area contributed by atoms with Gasteiger partial charge in [-0.05, 0) is 50.4 Å². The van der Waals surface area contributed by atoms with Crippen LogP contribution in [0.25, 0.3) is 0 Å². The minimum Gasteiger partial charge on any atom is -0.352 e. The second-order valence-electron chi connectivity index (χ2n) is 4.89. The lowest BCUT2D eigenvalue weighted by atomic mass is 10.1. The van der Waals surface area contributed by atoms with Crippen LogP contribution >= 0.6 is 11.6 Å². The van der Waals surface area contributed by atoms with Crippen molar-refractivity contribution in [3.8, 4) is 0 Å². The van der Waals surface area contributed by atoms with Crippen molar-refractivity contribution in [3.63, 3.8) is 0 Å². The normalized spacial score (nSPS) is 20.7. The molecule has 1 fully saturated rings. The van der Waals surface area contributed by atoms with Crippen LogP contribution in [0.2, 0.25) is 5.02 Å². The molecule has 2 atom stereocenters. The van der Waals surface area contributed by atoms with Crippen LogP contribution in [0, 0.1) is 0 Å². The third kappa shape index (κ3) is 3.72. The van der Waals surface area contributed by atoms with E-state index in [4.69, 9.17) is 11.6 Å². The lowest BCUT2D eigenvalue weighted by molar-refractivity contribution is -0.123. The maximum atomic E-state index is 11.9. The number of carbonyl (C=O) groups is 1. The van der Waals surface area contributed by atoms with Crippen molar-refractivity contribution in [3.05, 3.63) is 34.9 Å². The first-order valence-electron chi connectivity index (χ1n) is 6.43. The van der Waals surface area contributed by atoms with Crippen molar-refractivity contribution < 1.29 is 4.79 Å². The molecule has 18 heavy (non-hydrogen) atoms. The largest absolute Gasteiger partial charge is 0.352 e. The van der Waals surface area contributed by atoms with Crippen molar-refractivity contribution in [1.29, 1.82) is 0 Å². The number of hydrogen-bond donors (Lipinski definition) is 2. The Hall–Kier alpha value is -1.06. The molecule has 3 nitrogen and oxygen atoms in total. The summed E-state index contributed by atoms with van der Waals surface area (Å²) in [5.74, 6) is 0.113. The van der Waals surface area contributed by atoms with Gasteiger partial charge >= 0.3 is 0 Å². The van der Waals surface area contributed by atoms with Crippen molar-refractivity contribution in [2.24, 2.45) is 0 Å². The molecule has 2 rings (SSSR count). The van der Waals surface area contributed by atoms with Gasteiger partial charge in [-0.3, -0.25) is 4.79 Å². The molecule has 1 aliphatic rings. The zero-order valence-corrected chi connectivity index (χ0v) is 11.3. The van der Waals surface area contributed by atoms with Gasteiger partial charge in [-0.15, -0.1) is 0 Å². The Kier molecular flexibility index (Phi) is 4.61. The Balaban J connectivity index is 1.84. The second-order valence-corrected chi connectivity index (χ2v) is 5.33. The van der Waals surface area contributed by atoms with Crippen molar-refractivity contribution in [1.82, 2.24) is 10.6 Å². The highest BCUT2D eigenvalue weighted by Crippen LogP contribution is 2.12. The van der Waals surface area contributed by atoms with E-state index in [0.29, 0.717) is 0 Å². The van der Waals surface area contributed by atoms with Crippen LogP contribution in [0.15, 0.2) is 24.3 Å². The van der Waals surface area contributed by atoms with Gasteiger partial charge < -0.3 is 10.6 Å². The predicted octanol–water partition coefficient (Wildman–Crippen LogP) is 2.14. The highest BCUT2D eigenvalue weighted by Gasteiger charge is 2.22. The van der Waals surface area contributed by atoms with Gasteiger partial charge in [0.2, 0.25) is 5.91 Å². The molecular weight excluding hydrogens is 248 g/mol. The molecule has 1 unspecified atom stereocenters. The zero-order chi connectivity index (χ0) is 13.0. The van der Waals surface area contributed by atoms with E-state index in [0.717, 1.165) is 36.4 Å². The number of carbonyl (C=O) groups excluding carboxylic acids is 1. The summed E-state index contributed by atoms with van der Waals surface area (Å²) in [4.78, 5) is 11.9. The van der Waals surface area contributed by atoms with Crippen LogP contribution in [-0.4, -0.2) is 24.5 Å². The summed E-state index contributed by atoms with van der Waals surface area (Å²) < 4.78 is 0. The number of nitrogens with one attached hydrogen (secondary N) is 2. The minimum atomic E-state index is -0.00758.